The minimum atomic E-state index is 0.885. The van der Waals surface area contributed by atoms with E-state index in [9.17, 15) is 0 Å². The molecule has 0 N–H and O–H groups in total. The van der Waals surface area contributed by atoms with E-state index in [1.165, 1.54) is 11.1 Å². The van der Waals surface area contributed by atoms with Crippen molar-refractivity contribution >= 4 is 34.3 Å². The van der Waals surface area contributed by atoms with Crippen molar-refractivity contribution in [1.82, 2.24) is 0 Å². The smallest absolute Gasteiger partial charge is 0.0781 e. The van der Waals surface area contributed by atoms with E-state index in [4.69, 9.17) is 12.2 Å². The third-order valence-corrected chi connectivity index (χ3v) is 4.19. The summed E-state index contributed by atoms with van der Waals surface area (Å²) in [4.78, 5) is 0. The molecule has 2 rings (SSSR count). The van der Waals surface area contributed by atoms with Crippen LogP contribution in [0.3, 0.4) is 0 Å². The summed E-state index contributed by atoms with van der Waals surface area (Å²) < 4.78 is 0.939. The fourth-order valence-electron chi connectivity index (χ4n) is 1.67. The summed E-state index contributed by atoms with van der Waals surface area (Å²) in [5.41, 5.74) is 3.57. The highest BCUT2D eigenvalue weighted by atomic mass is 32.2. The van der Waals surface area contributed by atoms with Crippen molar-refractivity contribution in [2.45, 2.75) is 5.75 Å². The molecule has 18 heavy (non-hydrogen) atoms. The number of thiocarbonyl (C=S) groups is 1. The van der Waals surface area contributed by atoms with E-state index >= 15 is 0 Å². The first-order chi connectivity index (χ1) is 8.81. The Balaban J connectivity index is 2.04. The maximum absolute atomic E-state index is 5.44. The molecule has 90 valence electrons. The lowest BCUT2D eigenvalue weighted by Gasteiger charge is -2.06. The summed E-state index contributed by atoms with van der Waals surface area (Å²) in [6, 6.07) is 18.4. The third-order valence-electron chi connectivity index (χ3n) is 2.64. The van der Waals surface area contributed by atoms with Gasteiger partial charge in [-0.3, -0.25) is 0 Å². The molecule has 0 unspecified atom stereocenters. The zero-order valence-electron chi connectivity index (χ0n) is 10.0. The van der Waals surface area contributed by atoms with E-state index in [0.29, 0.717) is 0 Å². The molecule has 0 aliphatic heterocycles. The molecular formula is C16H14S2. The Morgan fingerprint density at radius 2 is 1.72 bits per heavy atom. The van der Waals surface area contributed by atoms with Crippen LogP contribution in [0.4, 0.5) is 0 Å². The Morgan fingerprint density at radius 3 is 2.44 bits per heavy atom. The molecule has 0 bridgehead atoms. The van der Waals surface area contributed by atoms with Gasteiger partial charge in [-0.1, -0.05) is 79.5 Å². The number of hydrogen-bond acceptors (Lipinski definition) is 2. The van der Waals surface area contributed by atoms with E-state index < -0.39 is 0 Å². The lowest BCUT2D eigenvalue weighted by Crippen LogP contribution is -1.93. The van der Waals surface area contributed by atoms with E-state index in [1.54, 1.807) is 11.8 Å². The monoisotopic (exact) mass is 270 g/mol. The van der Waals surface area contributed by atoms with Gasteiger partial charge in [0, 0.05) is 5.75 Å². The van der Waals surface area contributed by atoms with Crippen molar-refractivity contribution in [2.24, 2.45) is 0 Å². The van der Waals surface area contributed by atoms with Gasteiger partial charge in [0.25, 0.3) is 0 Å². The molecule has 0 aromatic heterocycles. The van der Waals surface area contributed by atoms with Gasteiger partial charge in [0.05, 0.1) is 4.20 Å². The van der Waals surface area contributed by atoms with Crippen molar-refractivity contribution in [2.75, 3.05) is 0 Å². The second kappa shape index (κ2) is 6.53. The lowest BCUT2D eigenvalue weighted by molar-refractivity contribution is 1.40. The summed E-state index contributed by atoms with van der Waals surface area (Å²) >= 11 is 7.13. The highest BCUT2D eigenvalue weighted by Gasteiger charge is 2.03. The first-order valence-corrected chi connectivity index (χ1v) is 7.13. The van der Waals surface area contributed by atoms with Crippen molar-refractivity contribution in [1.29, 1.82) is 0 Å². The van der Waals surface area contributed by atoms with Crippen LogP contribution in [-0.4, -0.2) is 4.20 Å². The molecule has 2 aromatic rings. The summed E-state index contributed by atoms with van der Waals surface area (Å²) in [5, 5.41) is 0. The highest BCUT2D eigenvalue weighted by Crippen LogP contribution is 2.21. The molecule has 0 amide bonds. The van der Waals surface area contributed by atoms with Gasteiger partial charge in [0.15, 0.2) is 0 Å². The molecule has 0 saturated carbocycles. The third kappa shape index (κ3) is 3.31. The van der Waals surface area contributed by atoms with Crippen molar-refractivity contribution in [3.05, 3.63) is 77.9 Å². The van der Waals surface area contributed by atoms with Crippen LogP contribution in [0.1, 0.15) is 16.7 Å². The van der Waals surface area contributed by atoms with Crippen LogP contribution >= 0.6 is 24.0 Å². The zero-order chi connectivity index (χ0) is 12.8. The zero-order valence-corrected chi connectivity index (χ0v) is 11.6. The van der Waals surface area contributed by atoms with Gasteiger partial charge in [-0.15, -0.1) is 11.8 Å². The van der Waals surface area contributed by atoms with E-state index in [0.717, 1.165) is 15.5 Å². The largest absolute Gasteiger partial charge is 0.109 e. The van der Waals surface area contributed by atoms with Crippen LogP contribution in [0.25, 0.3) is 6.08 Å². The Morgan fingerprint density at radius 1 is 1.06 bits per heavy atom. The van der Waals surface area contributed by atoms with Crippen LogP contribution in [0.15, 0.2) is 61.2 Å². The molecule has 2 aromatic carbocycles. The van der Waals surface area contributed by atoms with Gasteiger partial charge in [-0.05, 0) is 16.7 Å². The summed E-state index contributed by atoms with van der Waals surface area (Å²) in [5.74, 6) is 0.885. The molecule has 0 fully saturated rings. The average molecular weight is 270 g/mol. The number of hydrogen-bond donors (Lipinski definition) is 0. The SMILES string of the molecule is C=Cc1ccccc1CSC(=S)c1ccccc1. The maximum Gasteiger partial charge on any atom is 0.0781 e. The predicted octanol–water partition coefficient (Wildman–Crippen LogP) is 4.94. The van der Waals surface area contributed by atoms with Gasteiger partial charge in [-0.2, -0.15) is 0 Å². The summed E-state index contributed by atoms with van der Waals surface area (Å²) in [7, 11) is 0. The fourth-order valence-corrected chi connectivity index (χ4v) is 2.83. The van der Waals surface area contributed by atoms with Crippen molar-refractivity contribution in [3.8, 4) is 0 Å². The molecule has 0 aliphatic carbocycles. The summed E-state index contributed by atoms with van der Waals surface area (Å²) in [6.07, 6.45) is 1.89. The van der Waals surface area contributed by atoms with Crippen LogP contribution in [0.5, 0.6) is 0 Å². The van der Waals surface area contributed by atoms with Crippen LogP contribution in [0.2, 0.25) is 0 Å². The molecule has 0 atom stereocenters. The van der Waals surface area contributed by atoms with Crippen LogP contribution in [-0.2, 0) is 5.75 Å². The lowest BCUT2D eigenvalue weighted by atomic mass is 10.1. The summed E-state index contributed by atoms with van der Waals surface area (Å²) in [6.45, 7) is 3.83. The van der Waals surface area contributed by atoms with E-state index in [-0.39, 0.29) is 0 Å². The van der Waals surface area contributed by atoms with Crippen molar-refractivity contribution in [3.63, 3.8) is 0 Å². The molecule has 0 radical (unpaired) electrons. The fraction of sp³-hybridized carbons (Fsp3) is 0.0625. The molecule has 0 spiro atoms. The molecule has 2 heteroatoms. The molecule has 0 saturated heterocycles. The number of rotatable bonds is 4. The minimum Gasteiger partial charge on any atom is -0.109 e. The molecular weight excluding hydrogens is 256 g/mol. The first kappa shape index (κ1) is 13.1. The van der Waals surface area contributed by atoms with Crippen LogP contribution < -0.4 is 0 Å². The topological polar surface area (TPSA) is 0 Å². The Hall–Kier alpha value is -1.38. The normalized spacial score (nSPS) is 10.0. The van der Waals surface area contributed by atoms with E-state index in [2.05, 4.69) is 36.9 Å². The minimum absolute atomic E-state index is 0.885. The van der Waals surface area contributed by atoms with Gasteiger partial charge in [0.2, 0.25) is 0 Å². The number of benzene rings is 2. The van der Waals surface area contributed by atoms with E-state index in [1.807, 2.05) is 30.3 Å². The van der Waals surface area contributed by atoms with Gasteiger partial charge in [0.1, 0.15) is 0 Å². The molecule has 0 heterocycles. The number of thioether (sulfide) groups is 1. The first-order valence-electron chi connectivity index (χ1n) is 5.74. The van der Waals surface area contributed by atoms with Gasteiger partial charge >= 0.3 is 0 Å². The van der Waals surface area contributed by atoms with Crippen molar-refractivity contribution < 1.29 is 0 Å². The Labute approximate surface area is 118 Å². The van der Waals surface area contributed by atoms with Crippen LogP contribution in [0, 0.1) is 0 Å². The average Bonchev–Trinajstić information content (AvgIpc) is 2.46. The standard InChI is InChI=1S/C16H14S2/c1-2-13-8-6-7-11-15(13)12-18-16(17)14-9-4-3-5-10-14/h2-11H,1,12H2. The second-order valence-electron chi connectivity index (χ2n) is 3.85. The highest BCUT2D eigenvalue weighted by molar-refractivity contribution is 8.23. The van der Waals surface area contributed by atoms with Gasteiger partial charge < -0.3 is 0 Å². The molecule has 0 aliphatic rings. The Bertz CT molecular complexity index is 544. The van der Waals surface area contributed by atoms with Gasteiger partial charge in [-0.25, -0.2) is 0 Å². The second-order valence-corrected chi connectivity index (χ2v) is 5.50. The Kier molecular flexibility index (Phi) is 4.73. The molecule has 0 nitrogen and oxygen atoms in total. The maximum atomic E-state index is 5.44. The quantitative estimate of drug-likeness (QED) is 0.722. The predicted molar refractivity (Wildman–Crippen MR) is 86.0 cm³/mol.